The van der Waals surface area contributed by atoms with Crippen molar-refractivity contribution in [2.45, 2.75) is 45.3 Å². The van der Waals surface area contributed by atoms with Crippen LogP contribution in [0.3, 0.4) is 0 Å². The molecule has 0 spiro atoms. The van der Waals surface area contributed by atoms with Gasteiger partial charge < -0.3 is 15.5 Å². The van der Waals surface area contributed by atoms with Crippen LogP contribution in [0, 0.1) is 0 Å². The minimum Gasteiger partial charge on any atom is -0.394 e. The summed E-state index contributed by atoms with van der Waals surface area (Å²) in [7, 11) is 0. The fourth-order valence-corrected chi connectivity index (χ4v) is 1.01. The van der Waals surface area contributed by atoms with Crippen molar-refractivity contribution in [2.24, 2.45) is 0 Å². The van der Waals surface area contributed by atoms with Crippen molar-refractivity contribution < 1.29 is 10.2 Å². The number of nitrogens with one attached hydrogen (secondary N) is 1. The van der Waals surface area contributed by atoms with E-state index in [-0.39, 0.29) is 6.61 Å². The Morgan fingerprint density at radius 3 is 2.58 bits per heavy atom. The highest BCUT2D eigenvalue weighted by Crippen LogP contribution is 1.98. The van der Waals surface area contributed by atoms with Crippen molar-refractivity contribution in [3.63, 3.8) is 0 Å². The second-order valence-electron chi connectivity index (χ2n) is 3.29. The molecule has 0 radical (unpaired) electrons. The van der Waals surface area contributed by atoms with Gasteiger partial charge in [0.05, 0.1) is 12.7 Å². The first kappa shape index (κ1) is 11.9. The van der Waals surface area contributed by atoms with Gasteiger partial charge in [0.2, 0.25) is 0 Å². The average Bonchev–Trinajstić information content (AvgIpc) is 2.10. The number of rotatable bonds is 7. The van der Waals surface area contributed by atoms with E-state index in [2.05, 4.69) is 19.2 Å². The SMILES string of the molecule is CCCCC(C)NCC(O)CO. The summed E-state index contributed by atoms with van der Waals surface area (Å²) in [6.45, 7) is 4.59. The monoisotopic (exact) mass is 175 g/mol. The van der Waals surface area contributed by atoms with Crippen LogP contribution in [-0.4, -0.2) is 35.5 Å². The van der Waals surface area contributed by atoms with Crippen LogP contribution >= 0.6 is 0 Å². The van der Waals surface area contributed by atoms with Crippen LogP contribution in [0.25, 0.3) is 0 Å². The summed E-state index contributed by atoms with van der Waals surface area (Å²) in [4.78, 5) is 0. The maximum atomic E-state index is 9.02. The van der Waals surface area contributed by atoms with Gasteiger partial charge in [-0.15, -0.1) is 0 Å². The Balaban J connectivity index is 3.24. The Morgan fingerprint density at radius 1 is 1.42 bits per heavy atom. The third-order valence-electron chi connectivity index (χ3n) is 1.90. The fourth-order valence-electron chi connectivity index (χ4n) is 1.01. The van der Waals surface area contributed by atoms with Crippen molar-refractivity contribution in [1.29, 1.82) is 0 Å². The van der Waals surface area contributed by atoms with E-state index in [0.717, 1.165) is 6.42 Å². The Kier molecular flexibility index (Phi) is 7.45. The van der Waals surface area contributed by atoms with Crippen molar-refractivity contribution in [1.82, 2.24) is 5.32 Å². The van der Waals surface area contributed by atoms with Crippen molar-refractivity contribution in [3.8, 4) is 0 Å². The van der Waals surface area contributed by atoms with Gasteiger partial charge in [-0.25, -0.2) is 0 Å². The van der Waals surface area contributed by atoms with E-state index >= 15 is 0 Å². The van der Waals surface area contributed by atoms with Crippen LogP contribution in [0.1, 0.15) is 33.1 Å². The molecular formula is C9H21NO2. The van der Waals surface area contributed by atoms with Crippen LogP contribution in [-0.2, 0) is 0 Å². The Labute approximate surface area is 74.8 Å². The van der Waals surface area contributed by atoms with Gasteiger partial charge >= 0.3 is 0 Å². The highest BCUT2D eigenvalue weighted by atomic mass is 16.3. The Hall–Kier alpha value is -0.120. The van der Waals surface area contributed by atoms with Gasteiger partial charge in [-0.1, -0.05) is 19.8 Å². The van der Waals surface area contributed by atoms with Crippen LogP contribution < -0.4 is 5.32 Å². The lowest BCUT2D eigenvalue weighted by Gasteiger charge is -2.15. The third-order valence-corrected chi connectivity index (χ3v) is 1.90. The molecule has 0 aliphatic carbocycles. The summed E-state index contributed by atoms with van der Waals surface area (Å²) >= 11 is 0. The maximum Gasteiger partial charge on any atom is 0.0895 e. The predicted molar refractivity (Wildman–Crippen MR) is 50.1 cm³/mol. The molecule has 2 unspecified atom stereocenters. The molecule has 0 aromatic rings. The number of aliphatic hydroxyl groups excluding tert-OH is 2. The lowest BCUT2D eigenvalue weighted by Crippen LogP contribution is -2.35. The van der Waals surface area contributed by atoms with Gasteiger partial charge in [-0.05, 0) is 13.3 Å². The summed E-state index contributed by atoms with van der Waals surface area (Å²) in [6.07, 6.45) is 2.93. The molecule has 0 saturated heterocycles. The Bertz CT molecular complexity index is 98.5. The molecule has 0 fully saturated rings. The van der Waals surface area contributed by atoms with Gasteiger partial charge in [0.1, 0.15) is 0 Å². The van der Waals surface area contributed by atoms with E-state index in [9.17, 15) is 0 Å². The van der Waals surface area contributed by atoms with Crippen LogP contribution in [0.4, 0.5) is 0 Å². The van der Waals surface area contributed by atoms with Crippen molar-refractivity contribution in [3.05, 3.63) is 0 Å². The standard InChI is InChI=1S/C9H21NO2/c1-3-4-5-8(2)10-6-9(12)7-11/h8-12H,3-7H2,1-2H3. The van der Waals surface area contributed by atoms with Crippen LogP contribution in [0.5, 0.6) is 0 Å². The first-order chi connectivity index (χ1) is 5.70. The zero-order valence-corrected chi connectivity index (χ0v) is 8.08. The minimum atomic E-state index is -0.617. The van der Waals surface area contributed by atoms with E-state index in [0.29, 0.717) is 12.6 Å². The normalized spacial score (nSPS) is 16.0. The van der Waals surface area contributed by atoms with Gasteiger partial charge in [0, 0.05) is 12.6 Å². The zero-order valence-electron chi connectivity index (χ0n) is 8.08. The van der Waals surface area contributed by atoms with Gasteiger partial charge in [0.15, 0.2) is 0 Å². The summed E-state index contributed by atoms with van der Waals surface area (Å²) in [5, 5.41) is 20.7. The smallest absolute Gasteiger partial charge is 0.0895 e. The molecule has 0 aromatic heterocycles. The molecule has 0 aliphatic rings. The number of aliphatic hydroxyl groups is 2. The zero-order chi connectivity index (χ0) is 9.40. The molecule has 3 heteroatoms. The molecule has 0 bridgehead atoms. The lowest BCUT2D eigenvalue weighted by atomic mass is 10.1. The van der Waals surface area contributed by atoms with Crippen LogP contribution in [0.2, 0.25) is 0 Å². The molecule has 0 saturated carbocycles. The third kappa shape index (κ3) is 6.58. The molecule has 0 rings (SSSR count). The highest BCUT2D eigenvalue weighted by Gasteiger charge is 2.04. The summed E-state index contributed by atoms with van der Waals surface area (Å²) in [6, 6.07) is 0.436. The first-order valence-corrected chi connectivity index (χ1v) is 4.73. The number of unbranched alkanes of at least 4 members (excludes halogenated alkanes) is 1. The molecule has 74 valence electrons. The van der Waals surface area contributed by atoms with E-state index in [4.69, 9.17) is 10.2 Å². The predicted octanol–water partition coefficient (Wildman–Crippen LogP) is 0.508. The maximum absolute atomic E-state index is 9.02. The molecule has 0 aliphatic heterocycles. The molecule has 3 N–H and O–H groups in total. The first-order valence-electron chi connectivity index (χ1n) is 4.73. The second kappa shape index (κ2) is 7.53. The average molecular weight is 175 g/mol. The lowest BCUT2D eigenvalue weighted by molar-refractivity contribution is 0.0920. The summed E-state index contributed by atoms with van der Waals surface area (Å²) in [5.41, 5.74) is 0. The summed E-state index contributed by atoms with van der Waals surface area (Å²) < 4.78 is 0. The Morgan fingerprint density at radius 2 is 2.08 bits per heavy atom. The molecular weight excluding hydrogens is 154 g/mol. The van der Waals surface area contributed by atoms with Crippen molar-refractivity contribution in [2.75, 3.05) is 13.2 Å². The molecule has 0 heterocycles. The molecule has 0 amide bonds. The molecule has 2 atom stereocenters. The molecule has 0 aromatic carbocycles. The van der Waals surface area contributed by atoms with E-state index in [1.54, 1.807) is 0 Å². The second-order valence-corrected chi connectivity index (χ2v) is 3.29. The number of hydrogen-bond donors (Lipinski definition) is 3. The topological polar surface area (TPSA) is 52.5 Å². The van der Waals surface area contributed by atoms with Gasteiger partial charge in [-0.3, -0.25) is 0 Å². The van der Waals surface area contributed by atoms with E-state index in [1.807, 2.05) is 0 Å². The highest BCUT2D eigenvalue weighted by molar-refractivity contribution is 4.64. The van der Waals surface area contributed by atoms with Crippen LogP contribution in [0.15, 0.2) is 0 Å². The van der Waals surface area contributed by atoms with Gasteiger partial charge in [0.25, 0.3) is 0 Å². The molecule has 3 nitrogen and oxygen atoms in total. The van der Waals surface area contributed by atoms with E-state index < -0.39 is 6.10 Å². The fraction of sp³-hybridized carbons (Fsp3) is 1.00. The number of hydrogen-bond acceptors (Lipinski definition) is 3. The molecule has 12 heavy (non-hydrogen) atoms. The van der Waals surface area contributed by atoms with E-state index in [1.165, 1.54) is 12.8 Å². The summed E-state index contributed by atoms with van der Waals surface area (Å²) in [5.74, 6) is 0. The largest absolute Gasteiger partial charge is 0.394 e. The quantitative estimate of drug-likeness (QED) is 0.528. The van der Waals surface area contributed by atoms with Gasteiger partial charge in [-0.2, -0.15) is 0 Å². The minimum absolute atomic E-state index is 0.159. The van der Waals surface area contributed by atoms with Crippen molar-refractivity contribution >= 4 is 0 Å².